The molecule has 0 aromatic heterocycles. The Bertz CT molecular complexity index is 350. The van der Waals surface area contributed by atoms with E-state index in [0.717, 1.165) is 32.5 Å². The molecule has 4 nitrogen and oxygen atoms in total. The van der Waals surface area contributed by atoms with Crippen molar-refractivity contribution < 1.29 is 8.42 Å². The van der Waals surface area contributed by atoms with Crippen molar-refractivity contribution in [1.29, 1.82) is 0 Å². The summed E-state index contributed by atoms with van der Waals surface area (Å²) in [5, 5.41) is 3.07. The lowest BCUT2D eigenvalue weighted by Crippen LogP contribution is -2.48. The minimum Gasteiger partial charge on any atom is -0.316 e. The molecular formula is C11H23ClN2O2S. The van der Waals surface area contributed by atoms with E-state index in [4.69, 9.17) is 0 Å². The van der Waals surface area contributed by atoms with Crippen molar-refractivity contribution >= 4 is 22.4 Å². The monoisotopic (exact) mass is 282 g/mol. The summed E-state index contributed by atoms with van der Waals surface area (Å²) < 4.78 is 26.0. The largest absolute Gasteiger partial charge is 0.316 e. The number of hydrogen-bond donors (Lipinski definition) is 1. The number of hydrogen-bond acceptors (Lipinski definition) is 3. The Labute approximate surface area is 111 Å². The van der Waals surface area contributed by atoms with Gasteiger partial charge in [0.15, 0.2) is 0 Å². The highest BCUT2D eigenvalue weighted by Crippen LogP contribution is 2.36. The Balaban J connectivity index is 0.00000144. The maximum Gasteiger partial charge on any atom is 0.216 e. The number of halogens is 1. The fourth-order valence-electron chi connectivity index (χ4n) is 2.82. The van der Waals surface area contributed by atoms with Gasteiger partial charge in [-0.25, -0.2) is 12.7 Å². The summed E-state index contributed by atoms with van der Waals surface area (Å²) in [6, 6.07) is 0. The topological polar surface area (TPSA) is 49.4 Å². The van der Waals surface area contributed by atoms with E-state index >= 15 is 0 Å². The quantitative estimate of drug-likeness (QED) is 0.829. The third-order valence-electron chi connectivity index (χ3n) is 3.91. The van der Waals surface area contributed by atoms with Crippen LogP contribution in [0, 0.1) is 5.41 Å². The van der Waals surface area contributed by atoms with Crippen molar-refractivity contribution in [3.05, 3.63) is 0 Å². The first-order valence-electron chi connectivity index (χ1n) is 6.16. The van der Waals surface area contributed by atoms with Crippen LogP contribution in [-0.2, 0) is 10.0 Å². The zero-order valence-corrected chi connectivity index (χ0v) is 12.2. The lowest BCUT2D eigenvalue weighted by atomic mass is 9.80. The van der Waals surface area contributed by atoms with E-state index in [0.29, 0.717) is 6.54 Å². The summed E-state index contributed by atoms with van der Waals surface area (Å²) >= 11 is 0. The van der Waals surface area contributed by atoms with E-state index in [2.05, 4.69) is 5.32 Å². The molecule has 0 saturated carbocycles. The zero-order valence-electron chi connectivity index (χ0n) is 10.6. The zero-order chi connectivity index (χ0) is 11.8. The third-order valence-corrected chi connectivity index (χ3v) is 6.14. The van der Waals surface area contributed by atoms with Crippen molar-refractivity contribution in [3.8, 4) is 0 Å². The number of nitrogens with one attached hydrogen (secondary N) is 1. The molecule has 17 heavy (non-hydrogen) atoms. The third kappa shape index (κ3) is 2.95. The van der Waals surface area contributed by atoms with Gasteiger partial charge in [-0.3, -0.25) is 0 Å². The molecule has 6 heteroatoms. The molecule has 2 saturated heterocycles. The SMILES string of the molecule is CC(C)S(=O)(=O)N1CCCC2(CCNC2)C1.Cl. The van der Waals surface area contributed by atoms with Crippen molar-refractivity contribution in [2.24, 2.45) is 5.41 Å². The second kappa shape index (κ2) is 5.43. The summed E-state index contributed by atoms with van der Waals surface area (Å²) in [5.74, 6) is 0. The van der Waals surface area contributed by atoms with Gasteiger partial charge in [0.1, 0.15) is 0 Å². The first-order chi connectivity index (χ1) is 7.46. The average molecular weight is 283 g/mol. The number of rotatable bonds is 2. The van der Waals surface area contributed by atoms with Crippen molar-refractivity contribution in [2.75, 3.05) is 26.2 Å². The van der Waals surface area contributed by atoms with Gasteiger partial charge in [0.25, 0.3) is 0 Å². The fraction of sp³-hybridized carbons (Fsp3) is 1.00. The van der Waals surface area contributed by atoms with E-state index in [9.17, 15) is 8.42 Å². The lowest BCUT2D eigenvalue weighted by Gasteiger charge is -2.39. The van der Waals surface area contributed by atoms with E-state index in [1.165, 1.54) is 6.42 Å². The Hall–Kier alpha value is 0.160. The van der Waals surface area contributed by atoms with Crippen LogP contribution in [0.15, 0.2) is 0 Å². The van der Waals surface area contributed by atoms with Gasteiger partial charge in [-0.05, 0) is 45.1 Å². The number of nitrogens with zero attached hydrogens (tertiary/aromatic N) is 1. The van der Waals surface area contributed by atoms with Crippen molar-refractivity contribution in [2.45, 2.75) is 38.4 Å². The van der Waals surface area contributed by atoms with Gasteiger partial charge in [0.05, 0.1) is 5.25 Å². The van der Waals surface area contributed by atoms with Gasteiger partial charge in [-0.15, -0.1) is 12.4 Å². The molecule has 0 aromatic carbocycles. The molecule has 0 bridgehead atoms. The summed E-state index contributed by atoms with van der Waals surface area (Å²) in [7, 11) is -3.06. The maximum atomic E-state index is 12.1. The molecule has 102 valence electrons. The van der Waals surface area contributed by atoms with Gasteiger partial charge in [0.2, 0.25) is 10.0 Å². The van der Waals surface area contributed by atoms with E-state index in [1.54, 1.807) is 18.2 Å². The molecule has 0 aliphatic carbocycles. The Morgan fingerprint density at radius 2 is 2.00 bits per heavy atom. The average Bonchev–Trinajstić information content (AvgIpc) is 2.66. The molecule has 0 aromatic rings. The highest BCUT2D eigenvalue weighted by molar-refractivity contribution is 7.89. The molecule has 0 amide bonds. The van der Waals surface area contributed by atoms with Gasteiger partial charge >= 0.3 is 0 Å². The van der Waals surface area contributed by atoms with E-state index in [-0.39, 0.29) is 23.1 Å². The van der Waals surface area contributed by atoms with Gasteiger partial charge in [-0.2, -0.15) is 0 Å². The summed E-state index contributed by atoms with van der Waals surface area (Å²) in [5.41, 5.74) is 0.222. The van der Waals surface area contributed by atoms with Crippen LogP contribution in [0.4, 0.5) is 0 Å². The highest BCUT2D eigenvalue weighted by atomic mass is 35.5. The first kappa shape index (κ1) is 15.2. The van der Waals surface area contributed by atoms with Gasteiger partial charge in [0, 0.05) is 19.6 Å². The molecule has 2 aliphatic heterocycles. The fourth-order valence-corrected chi connectivity index (χ4v) is 4.26. The van der Waals surface area contributed by atoms with Crippen LogP contribution in [0.3, 0.4) is 0 Å². The lowest BCUT2D eigenvalue weighted by molar-refractivity contribution is 0.166. The Morgan fingerprint density at radius 3 is 2.53 bits per heavy atom. The normalized spacial score (nSPS) is 30.8. The first-order valence-corrected chi connectivity index (χ1v) is 7.66. The number of sulfonamides is 1. The molecular weight excluding hydrogens is 260 g/mol. The summed E-state index contributed by atoms with van der Waals surface area (Å²) in [6.45, 7) is 6.99. The van der Waals surface area contributed by atoms with E-state index < -0.39 is 10.0 Å². The minimum atomic E-state index is -3.06. The molecule has 1 spiro atoms. The predicted molar refractivity (Wildman–Crippen MR) is 72.0 cm³/mol. The van der Waals surface area contributed by atoms with Gasteiger partial charge in [-0.1, -0.05) is 0 Å². The van der Waals surface area contributed by atoms with Crippen molar-refractivity contribution in [1.82, 2.24) is 9.62 Å². The van der Waals surface area contributed by atoms with Crippen LogP contribution in [-0.4, -0.2) is 44.2 Å². The standard InChI is InChI=1S/C11H22N2O2S.ClH/c1-10(2)16(14,15)13-7-3-4-11(9-13)5-6-12-8-11;/h10,12H,3-9H2,1-2H3;1H. The predicted octanol–water partition coefficient (Wildman–Crippen LogP) is 1.22. The number of piperidine rings is 1. The molecule has 2 fully saturated rings. The van der Waals surface area contributed by atoms with Crippen LogP contribution in [0.5, 0.6) is 0 Å². The highest BCUT2D eigenvalue weighted by Gasteiger charge is 2.41. The van der Waals surface area contributed by atoms with Crippen LogP contribution < -0.4 is 5.32 Å². The van der Waals surface area contributed by atoms with Crippen LogP contribution in [0.25, 0.3) is 0 Å². The second-order valence-corrected chi connectivity index (χ2v) is 7.95. The minimum absolute atomic E-state index is 0. The molecule has 2 aliphatic rings. The smallest absolute Gasteiger partial charge is 0.216 e. The van der Waals surface area contributed by atoms with Crippen molar-refractivity contribution in [3.63, 3.8) is 0 Å². The molecule has 2 rings (SSSR count). The van der Waals surface area contributed by atoms with Gasteiger partial charge < -0.3 is 5.32 Å². The Kier molecular flexibility index (Phi) is 4.86. The van der Waals surface area contributed by atoms with Crippen LogP contribution >= 0.6 is 12.4 Å². The summed E-state index contributed by atoms with van der Waals surface area (Å²) in [6.07, 6.45) is 3.30. The molecule has 1 unspecified atom stereocenters. The summed E-state index contributed by atoms with van der Waals surface area (Å²) in [4.78, 5) is 0. The Morgan fingerprint density at radius 1 is 1.29 bits per heavy atom. The second-order valence-electron chi connectivity index (χ2n) is 5.46. The van der Waals surface area contributed by atoms with Crippen LogP contribution in [0.1, 0.15) is 33.1 Å². The van der Waals surface area contributed by atoms with Crippen LogP contribution in [0.2, 0.25) is 0 Å². The molecule has 0 radical (unpaired) electrons. The molecule has 1 atom stereocenters. The maximum absolute atomic E-state index is 12.1. The molecule has 1 N–H and O–H groups in total. The molecule has 2 heterocycles. The van der Waals surface area contributed by atoms with E-state index in [1.807, 2.05) is 0 Å².